The lowest BCUT2D eigenvalue weighted by atomic mass is 9.99. The van der Waals surface area contributed by atoms with Crippen LogP contribution in [0.5, 0.6) is 5.75 Å². The molecular weight excluding hydrogens is 278 g/mol. The number of aliphatic hydroxyl groups is 4. The molecule has 3 unspecified atom stereocenters. The predicted octanol–water partition coefficient (Wildman–Crippen LogP) is -1.63. The van der Waals surface area contributed by atoms with Crippen molar-refractivity contribution in [3.8, 4) is 5.75 Å². The van der Waals surface area contributed by atoms with Gasteiger partial charge in [-0.05, 0) is 30.7 Å². The molecule has 0 aliphatic carbocycles. The highest BCUT2D eigenvalue weighted by Crippen LogP contribution is 2.24. The third-order valence-electron chi connectivity index (χ3n) is 3.46. The van der Waals surface area contributed by atoms with Crippen molar-refractivity contribution in [1.29, 1.82) is 0 Å². The maximum Gasteiger partial charge on any atom is 0.229 e. The highest BCUT2D eigenvalue weighted by molar-refractivity contribution is 5.27. The number of aliphatic hydroxyl groups excluding tert-OH is 4. The summed E-state index contributed by atoms with van der Waals surface area (Å²) < 4.78 is 10.7. The second-order valence-corrected chi connectivity index (χ2v) is 5.00. The summed E-state index contributed by atoms with van der Waals surface area (Å²) in [6.07, 6.45) is -5.65. The molecule has 21 heavy (non-hydrogen) atoms. The van der Waals surface area contributed by atoms with E-state index in [-0.39, 0.29) is 0 Å². The Labute approximate surface area is 122 Å². The zero-order chi connectivity index (χ0) is 15.4. The van der Waals surface area contributed by atoms with E-state index in [9.17, 15) is 15.3 Å². The number of hydrogen-bond donors (Lipinski definition) is 5. The minimum absolute atomic E-state index is 0.445. The van der Waals surface area contributed by atoms with Gasteiger partial charge >= 0.3 is 0 Å². The molecule has 0 spiro atoms. The second-order valence-electron chi connectivity index (χ2n) is 5.00. The molecule has 6 N–H and O–H groups in total. The predicted molar refractivity (Wildman–Crippen MR) is 73.6 cm³/mol. The summed E-state index contributed by atoms with van der Waals surface area (Å²) in [5.74, 6) is 0.445. The van der Waals surface area contributed by atoms with Gasteiger partial charge in [-0.3, -0.25) is 0 Å². The SMILES string of the molecule is NCCc1ccc(O[C@H]2OC(CO)[C@@H](O)C(O)C2O)cc1. The summed E-state index contributed by atoms with van der Waals surface area (Å²) in [6, 6.07) is 7.08. The van der Waals surface area contributed by atoms with E-state index in [1.54, 1.807) is 12.1 Å². The molecule has 0 aromatic heterocycles. The number of hydrogen-bond acceptors (Lipinski definition) is 7. The van der Waals surface area contributed by atoms with Crippen molar-refractivity contribution < 1.29 is 29.9 Å². The fraction of sp³-hybridized carbons (Fsp3) is 0.571. The third kappa shape index (κ3) is 3.70. The topological polar surface area (TPSA) is 125 Å². The van der Waals surface area contributed by atoms with Gasteiger partial charge < -0.3 is 35.6 Å². The average Bonchev–Trinajstić information content (AvgIpc) is 2.50. The fourth-order valence-electron chi connectivity index (χ4n) is 2.20. The molecule has 5 atom stereocenters. The largest absolute Gasteiger partial charge is 0.462 e. The molecule has 7 nitrogen and oxygen atoms in total. The van der Waals surface area contributed by atoms with Gasteiger partial charge in [-0.25, -0.2) is 0 Å². The maximum absolute atomic E-state index is 9.86. The van der Waals surface area contributed by atoms with E-state index in [1.165, 1.54) is 0 Å². The van der Waals surface area contributed by atoms with Crippen LogP contribution in [0.25, 0.3) is 0 Å². The van der Waals surface area contributed by atoms with Crippen LogP contribution in [0, 0.1) is 0 Å². The van der Waals surface area contributed by atoms with Crippen LogP contribution in [0.1, 0.15) is 5.56 Å². The summed E-state index contributed by atoms with van der Waals surface area (Å²) in [6.45, 7) is 0.0627. The van der Waals surface area contributed by atoms with Crippen molar-refractivity contribution in [3.63, 3.8) is 0 Å². The van der Waals surface area contributed by atoms with Gasteiger partial charge in [-0.1, -0.05) is 12.1 Å². The lowest BCUT2D eigenvalue weighted by Crippen LogP contribution is -2.60. The van der Waals surface area contributed by atoms with Gasteiger partial charge in [0.25, 0.3) is 0 Å². The van der Waals surface area contributed by atoms with Gasteiger partial charge in [0, 0.05) is 0 Å². The van der Waals surface area contributed by atoms with Crippen LogP contribution in [-0.2, 0) is 11.2 Å². The first-order chi connectivity index (χ1) is 10.1. The summed E-state index contributed by atoms with van der Waals surface area (Å²) in [5.41, 5.74) is 6.52. The molecule has 1 aromatic rings. The van der Waals surface area contributed by atoms with Gasteiger partial charge in [0.15, 0.2) is 0 Å². The van der Waals surface area contributed by atoms with Crippen molar-refractivity contribution in [2.45, 2.75) is 37.1 Å². The van der Waals surface area contributed by atoms with Crippen molar-refractivity contribution in [2.75, 3.05) is 13.2 Å². The van der Waals surface area contributed by atoms with Crippen molar-refractivity contribution in [3.05, 3.63) is 29.8 Å². The van der Waals surface area contributed by atoms with E-state index < -0.39 is 37.3 Å². The Morgan fingerprint density at radius 3 is 2.29 bits per heavy atom. The van der Waals surface area contributed by atoms with E-state index in [0.29, 0.717) is 12.3 Å². The van der Waals surface area contributed by atoms with Crippen LogP contribution in [0.4, 0.5) is 0 Å². The summed E-state index contributed by atoms with van der Waals surface area (Å²) in [7, 11) is 0. The number of benzene rings is 1. The number of nitrogens with two attached hydrogens (primary N) is 1. The van der Waals surface area contributed by atoms with Crippen LogP contribution in [-0.4, -0.2) is 64.3 Å². The molecule has 2 rings (SSSR count). The normalized spacial score (nSPS) is 32.9. The molecule has 7 heteroatoms. The molecule has 0 bridgehead atoms. The Morgan fingerprint density at radius 1 is 1.05 bits per heavy atom. The molecule has 1 aliphatic heterocycles. The van der Waals surface area contributed by atoms with E-state index in [4.69, 9.17) is 20.3 Å². The highest BCUT2D eigenvalue weighted by atomic mass is 16.7. The average molecular weight is 299 g/mol. The molecule has 1 fully saturated rings. The number of ether oxygens (including phenoxy) is 2. The first-order valence-corrected chi connectivity index (χ1v) is 6.83. The van der Waals surface area contributed by atoms with E-state index in [1.807, 2.05) is 12.1 Å². The second kappa shape index (κ2) is 7.17. The summed E-state index contributed by atoms with van der Waals surface area (Å²) in [4.78, 5) is 0. The first kappa shape index (κ1) is 16.2. The fourth-order valence-corrected chi connectivity index (χ4v) is 2.20. The van der Waals surface area contributed by atoms with E-state index in [0.717, 1.165) is 12.0 Å². The Bertz CT molecular complexity index is 438. The Kier molecular flexibility index (Phi) is 5.51. The molecule has 0 amide bonds. The van der Waals surface area contributed by atoms with Crippen molar-refractivity contribution >= 4 is 0 Å². The molecule has 1 aromatic carbocycles. The van der Waals surface area contributed by atoms with Crippen LogP contribution in [0.3, 0.4) is 0 Å². The van der Waals surface area contributed by atoms with Crippen molar-refractivity contribution in [2.24, 2.45) is 5.73 Å². The minimum Gasteiger partial charge on any atom is -0.462 e. The van der Waals surface area contributed by atoms with Crippen LogP contribution >= 0.6 is 0 Å². The third-order valence-corrected chi connectivity index (χ3v) is 3.46. The molecule has 1 saturated heterocycles. The minimum atomic E-state index is -1.45. The standard InChI is InChI=1S/C14H21NO6/c15-6-5-8-1-3-9(4-2-8)20-14-13(19)12(18)11(17)10(7-16)21-14/h1-4,10-14,16-19H,5-7,15H2/t10?,11-,12?,13?,14+/m1/s1. The molecule has 0 radical (unpaired) electrons. The van der Waals surface area contributed by atoms with E-state index >= 15 is 0 Å². The highest BCUT2D eigenvalue weighted by Gasteiger charge is 2.44. The van der Waals surface area contributed by atoms with Gasteiger partial charge in [0.1, 0.15) is 30.2 Å². The molecule has 1 aliphatic rings. The van der Waals surface area contributed by atoms with Crippen LogP contribution in [0.2, 0.25) is 0 Å². The lowest BCUT2D eigenvalue weighted by molar-refractivity contribution is -0.277. The molecule has 1 heterocycles. The van der Waals surface area contributed by atoms with Crippen LogP contribution < -0.4 is 10.5 Å². The Balaban J connectivity index is 2.03. The van der Waals surface area contributed by atoms with Crippen molar-refractivity contribution in [1.82, 2.24) is 0 Å². The smallest absolute Gasteiger partial charge is 0.229 e. The lowest BCUT2D eigenvalue weighted by Gasteiger charge is -2.39. The van der Waals surface area contributed by atoms with Gasteiger partial charge in [0.2, 0.25) is 6.29 Å². The summed E-state index contributed by atoms with van der Waals surface area (Å²) >= 11 is 0. The first-order valence-electron chi connectivity index (χ1n) is 6.83. The maximum atomic E-state index is 9.86. The van der Waals surface area contributed by atoms with Gasteiger partial charge in [-0.2, -0.15) is 0 Å². The van der Waals surface area contributed by atoms with Crippen LogP contribution in [0.15, 0.2) is 24.3 Å². The number of rotatable bonds is 5. The zero-order valence-electron chi connectivity index (χ0n) is 11.5. The molecular formula is C14H21NO6. The molecule has 0 saturated carbocycles. The summed E-state index contributed by atoms with van der Waals surface area (Å²) in [5, 5.41) is 38.3. The Hall–Kier alpha value is -1.22. The van der Waals surface area contributed by atoms with Gasteiger partial charge in [-0.15, -0.1) is 0 Å². The van der Waals surface area contributed by atoms with Gasteiger partial charge in [0.05, 0.1) is 6.61 Å². The van der Waals surface area contributed by atoms with E-state index in [2.05, 4.69) is 0 Å². The quantitative estimate of drug-likeness (QED) is 0.442. The zero-order valence-corrected chi connectivity index (χ0v) is 11.5. The monoisotopic (exact) mass is 299 g/mol. The Morgan fingerprint density at radius 2 is 1.71 bits per heavy atom. The molecule has 118 valence electrons.